The maximum Gasteiger partial charge on any atom is 0.123 e. The van der Waals surface area contributed by atoms with Gasteiger partial charge in [0.05, 0.1) is 0 Å². The van der Waals surface area contributed by atoms with E-state index in [-0.39, 0.29) is 5.82 Å². The van der Waals surface area contributed by atoms with E-state index in [2.05, 4.69) is 0 Å². The number of ether oxygens (including phenoxy) is 1. The Hall–Kier alpha value is -1.67. The minimum Gasteiger partial charge on any atom is -0.382 e. The zero-order chi connectivity index (χ0) is 13.2. The molecule has 2 aromatic carbocycles. The monoisotopic (exact) mass is 246 g/mol. The van der Waals surface area contributed by atoms with E-state index >= 15 is 0 Å². The molecule has 0 amide bonds. The fraction of sp³-hybridized carbons (Fsp3) is 0.250. The molecule has 0 N–H and O–H groups in total. The van der Waals surface area contributed by atoms with E-state index in [0.29, 0.717) is 0 Å². The predicted molar refractivity (Wildman–Crippen MR) is 74.0 cm³/mol. The third kappa shape index (κ3) is 5.11. The fourth-order valence-electron chi connectivity index (χ4n) is 1.48. The Balaban J connectivity index is 0.000000280. The number of halogens is 1. The first-order valence-corrected chi connectivity index (χ1v) is 6.16. The van der Waals surface area contributed by atoms with Crippen molar-refractivity contribution in [3.8, 4) is 11.1 Å². The first-order valence-electron chi connectivity index (χ1n) is 6.16. The Morgan fingerprint density at radius 2 is 1.28 bits per heavy atom. The first kappa shape index (κ1) is 14.4. The number of hydrogen-bond donors (Lipinski definition) is 0. The molecule has 0 aliphatic carbocycles. The summed E-state index contributed by atoms with van der Waals surface area (Å²) in [5, 5.41) is 0. The van der Waals surface area contributed by atoms with E-state index in [9.17, 15) is 4.39 Å². The van der Waals surface area contributed by atoms with Gasteiger partial charge in [-0.3, -0.25) is 0 Å². The molecule has 0 unspecified atom stereocenters. The van der Waals surface area contributed by atoms with Crippen molar-refractivity contribution in [3.05, 3.63) is 60.4 Å². The van der Waals surface area contributed by atoms with Crippen molar-refractivity contribution >= 4 is 0 Å². The van der Waals surface area contributed by atoms with Gasteiger partial charge in [0, 0.05) is 13.2 Å². The van der Waals surface area contributed by atoms with Crippen molar-refractivity contribution in [1.82, 2.24) is 0 Å². The van der Waals surface area contributed by atoms with Crippen LogP contribution in [-0.4, -0.2) is 13.2 Å². The van der Waals surface area contributed by atoms with Crippen LogP contribution >= 0.6 is 0 Å². The molecule has 1 nitrogen and oxygen atoms in total. The van der Waals surface area contributed by atoms with Gasteiger partial charge in [0.1, 0.15) is 5.82 Å². The van der Waals surface area contributed by atoms with Gasteiger partial charge < -0.3 is 4.74 Å². The van der Waals surface area contributed by atoms with E-state index in [4.69, 9.17) is 4.74 Å². The summed E-state index contributed by atoms with van der Waals surface area (Å²) in [4.78, 5) is 0. The van der Waals surface area contributed by atoms with Crippen molar-refractivity contribution in [2.75, 3.05) is 13.2 Å². The third-order valence-electron chi connectivity index (χ3n) is 2.36. The minimum atomic E-state index is -0.195. The van der Waals surface area contributed by atoms with Gasteiger partial charge >= 0.3 is 0 Å². The van der Waals surface area contributed by atoms with Gasteiger partial charge in [-0.25, -0.2) is 4.39 Å². The lowest BCUT2D eigenvalue weighted by Gasteiger charge is -1.99. The Morgan fingerprint density at radius 3 is 1.72 bits per heavy atom. The van der Waals surface area contributed by atoms with E-state index in [0.717, 1.165) is 24.3 Å². The molecule has 18 heavy (non-hydrogen) atoms. The third-order valence-corrected chi connectivity index (χ3v) is 2.36. The molecule has 0 bridgehead atoms. The van der Waals surface area contributed by atoms with Crippen LogP contribution in [0.2, 0.25) is 0 Å². The Morgan fingerprint density at radius 1 is 0.778 bits per heavy atom. The zero-order valence-electron chi connectivity index (χ0n) is 10.9. The number of rotatable bonds is 3. The van der Waals surface area contributed by atoms with Crippen LogP contribution in [0.4, 0.5) is 4.39 Å². The summed E-state index contributed by atoms with van der Waals surface area (Å²) in [6.45, 7) is 5.67. The molecule has 0 saturated heterocycles. The van der Waals surface area contributed by atoms with Gasteiger partial charge in [-0.1, -0.05) is 42.5 Å². The van der Waals surface area contributed by atoms with Crippen molar-refractivity contribution in [3.63, 3.8) is 0 Å². The highest BCUT2D eigenvalue weighted by molar-refractivity contribution is 5.62. The summed E-state index contributed by atoms with van der Waals surface area (Å²) in [5.74, 6) is -0.195. The molecule has 2 rings (SSSR count). The number of benzene rings is 2. The zero-order valence-corrected chi connectivity index (χ0v) is 10.9. The summed E-state index contributed by atoms with van der Waals surface area (Å²) in [6.07, 6.45) is 0. The molecule has 2 aromatic rings. The molecule has 0 saturated carbocycles. The summed E-state index contributed by atoms with van der Waals surface area (Å²) in [6, 6.07) is 16.4. The highest BCUT2D eigenvalue weighted by Crippen LogP contribution is 2.18. The average Bonchev–Trinajstić information content (AvgIpc) is 2.42. The van der Waals surface area contributed by atoms with Crippen LogP contribution in [0.5, 0.6) is 0 Å². The SMILES string of the molecule is CCOCC.Fc1ccc(-c2ccccc2)cc1. The molecular formula is C16H19FO. The van der Waals surface area contributed by atoms with Crippen LogP contribution < -0.4 is 0 Å². The van der Waals surface area contributed by atoms with Gasteiger partial charge in [-0.05, 0) is 37.1 Å². The molecule has 0 fully saturated rings. The van der Waals surface area contributed by atoms with Gasteiger partial charge in [-0.15, -0.1) is 0 Å². The lowest BCUT2D eigenvalue weighted by atomic mass is 10.1. The molecule has 2 heteroatoms. The van der Waals surface area contributed by atoms with Crippen molar-refractivity contribution in [2.45, 2.75) is 13.8 Å². The second-order valence-electron chi connectivity index (χ2n) is 3.65. The second kappa shape index (κ2) is 8.43. The van der Waals surface area contributed by atoms with Crippen molar-refractivity contribution in [2.24, 2.45) is 0 Å². The Labute approximate surface area is 108 Å². The number of hydrogen-bond acceptors (Lipinski definition) is 1. The van der Waals surface area contributed by atoms with Crippen LogP contribution in [0.25, 0.3) is 11.1 Å². The highest BCUT2D eigenvalue weighted by Gasteiger charge is 1.95. The van der Waals surface area contributed by atoms with Crippen LogP contribution in [0.15, 0.2) is 54.6 Å². The summed E-state index contributed by atoms with van der Waals surface area (Å²) in [7, 11) is 0. The fourth-order valence-corrected chi connectivity index (χ4v) is 1.48. The molecule has 0 aliphatic heterocycles. The molecule has 0 atom stereocenters. The smallest absolute Gasteiger partial charge is 0.123 e. The largest absolute Gasteiger partial charge is 0.382 e. The topological polar surface area (TPSA) is 9.23 Å². The maximum absolute atomic E-state index is 12.6. The van der Waals surface area contributed by atoms with Gasteiger partial charge in [0.25, 0.3) is 0 Å². The van der Waals surface area contributed by atoms with Gasteiger partial charge in [0.15, 0.2) is 0 Å². The molecule has 0 aromatic heterocycles. The molecular weight excluding hydrogens is 227 g/mol. The van der Waals surface area contributed by atoms with E-state index in [1.807, 2.05) is 44.2 Å². The molecule has 0 radical (unpaired) electrons. The summed E-state index contributed by atoms with van der Waals surface area (Å²) in [5.41, 5.74) is 2.16. The van der Waals surface area contributed by atoms with Crippen molar-refractivity contribution in [1.29, 1.82) is 0 Å². The standard InChI is InChI=1S/C12H9F.C4H10O/c13-12-8-6-11(7-9-12)10-4-2-1-3-5-10;1-3-5-4-2/h1-9H;3-4H2,1-2H3. The van der Waals surface area contributed by atoms with E-state index < -0.39 is 0 Å². The minimum absolute atomic E-state index is 0.195. The van der Waals surface area contributed by atoms with E-state index in [1.54, 1.807) is 12.1 Å². The summed E-state index contributed by atoms with van der Waals surface area (Å²) >= 11 is 0. The predicted octanol–water partition coefficient (Wildman–Crippen LogP) is 4.54. The summed E-state index contributed by atoms with van der Waals surface area (Å²) < 4.78 is 17.4. The quantitative estimate of drug-likeness (QED) is 0.772. The maximum atomic E-state index is 12.6. The van der Waals surface area contributed by atoms with Crippen molar-refractivity contribution < 1.29 is 9.13 Å². The highest BCUT2D eigenvalue weighted by atomic mass is 19.1. The molecule has 0 spiro atoms. The molecule has 0 aliphatic rings. The van der Waals surface area contributed by atoms with Crippen LogP contribution in [0.3, 0.4) is 0 Å². The first-order chi connectivity index (χ1) is 8.77. The van der Waals surface area contributed by atoms with Gasteiger partial charge in [-0.2, -0.15) is 0 Å². The van der Waals surface area contributed by atoms with Crippen LogP contribution in [0, 0.1) is 5.82 Å². The molecule has 96 valence electrons. The molecule has 0 heterocycles. The lowest BCUT2D eigenvalue weighted by molar-refractivity contribution is 0.162. The normalized spacial score (nSPS) is 9.50. The van der Waals surface area contributed by atoms with Gasteiger partial charge in [0.2, 0.25) is 0 Å². The van der Waals surface area contributed by atoms with Crippen LogP contribution in [0.1, 0.15) is 13.8 Å². The Bertz CT molecular complexity index is 421. The average molecular weight is 246 g/mol. The van der Waals surface area contributed by atoms with Crippen LogP contribution in [-0.2, 0) is 4.74 Å². The Kier molecular flexibility index (Phi) is 6.74. The van der Waals surface area contributed by atoms with E-state index in [1.165, 1.54) is 12.1 Å². The second-order valence-corrected chi connectivity index (χ2v) is 3.65. The lowest BCUT2D eigenvalue weighted by Crippen LogP contribution is -1.84.